The van der Waals surface area contributed by atoms with Gasteiger partial charge in [-0.3, -0.25) is 0 Å². The molecule has 0 unspecified atom stereocenters. The zero-order valence-corrected chi connectivity index (χ0v) is 14.9. The molecule has 0 aliphatic carbocycles. The first-order chi connectivity index (χ1) is 10.7. The van der Waals surface area contributed by atoms with Crippen LogP contribution in [0.25, 0.3) is 0 Å². The minimum atomic E-state index is -4.55. The largest absolute Gasteiger partial charge is 0.461 e. The topological polar surface area (TPSA) is 38.2 Å². The number of hydrogen-bond acceptors (Lipinski definition) is 4. The van der Waals surface area contributed by atoms with E-state index in [2.05, 4.69) is 32.6 Å². The van der Waals surface area contributed by atoms with Crippen LogP contribution in [0.5, 0.6) is 6.01 Å². The standard InChI is InChI=1S/C15H15F3IN3O/c1-9(2)23-14-20-8-12(15(16,17)18)13(21-14)22(3)11-6-4-10(19)5-7-11/h4-9H,1-3H3. The van der Waals surface area contributed by atoms with Crippen molar-refractivity contribution in [3.63, 3.8) is 0 Å². The maximum atomic E-state index is 13.2. The molecule has 0 spiro atoms. The van der Waals surface area contributed by atoms with Crippen LogP contribution in [0.2, 0.25) is 0 Å². The van der Waals surface area contributed by atoms with Gasteiger partial charge in [0.1, 0.15) is 5.56 Å². The molecule has 0 bridgehead atoms. The summed E-state index contributed by atoms with van der Waals surface area (Å²) in [6.45, 7) is 3.51. The molecule has 0 atom stereocenters. The van der Waals surface area contributed by atoms with Crippen LogP contribution in [0.1, 0.15) is 19.4 Å². The Morgan fingerprint density at radius 3 is 2.30 bits per heavy atom. The number of nitrogens with zero attached hydrogens (tertiary/aromatic N) is 3. The van der Waals surface area contributed by atoms with Gasteiger partial charge in [-0.2, -0.15) is 18.2 Å². The molecule has 124 valence electrons. The Morgan fingerprint density at radius 1 is 1.17 bits per heavy atom. The Balaban J connectivity index is 2.49. The number of ether oxygens (including phenoxy) is 1. The molecule has 4 nitrogen and oxygen atoms in total. The Kier molecular flexibility index (Phi) is 5.33. The van der Waals surface area contributed by atoms with Crippen LogP contribution in [0.15, 0.2) is 30.5 Å². The number of aromatic nitrogens is 2. The lowest BCUT2D eigenvalue weighted by molar-refractivity contribution is -0.137. The van der Waals surface area contributed by atoms with E-state index >= 15 is 0 Å². The molecule has 2 aromatic rings. The van der Waals surface area contributed by atoms with Gasteiger partial charge >= 0.3 is 12.2 Å². The van der Waals surface area contributed by atoms with Gasteiger partial charge in [-0.15, -0.1) is 0 Å². The van der Waals surface area contributed by atoms with Gasteiger partial charge in [0.15, 0.2) is 5.82 Å². The van der Waals surface area contributed by atoms with E-state index in [9.17, 15) is 13.2 Å². The van der Waals surface area contributed by atoms with Crippen LogP contribution in [0, 0.1) is 3.57 Å². The van der Waals surface area contributed by atoms with E-state index in [0.717, 1.165) is 9.77 Å². The fourth-order valence-electron chi connectivity index (χ4n) is 1.87. The van der Waals surface area contributed by atoms with Crippen molar-refractivity contribution in [1.29, 1.82) is 0 Å². The lowest BCUT2D eigenvalue weighted by Gasteiger charge is -2.23. The molecule has 0 N–H and O–H groups in total. The molecule has 8 heteroatoms. The van der Waals surface area contributed by atoms with Gasteiger partial charge in [-0.05, 0) is 60.7 Å². The monoisotopic (exact) mass is 437 g/mol. The van der Waals surface area contributed by atoms with Crippen molar-refractivity contribution in [2.45, 2.75) is 26.1 Å². The van der Waals surface area contributed by atoms with Crippen molar-refractivity contribution in [2.75, 3.05) is 11.9 Å². The Labute approximate surface area is 145 Å². The quantitative estimate of drug-likeness (QED) is 0.653. The number of anilines is 2. The molecule has 0 saturated heterocycles. The van der Waals surface area contributed by atoms with Crippen LogP contribution in [-0.2, 0) is 6.18 Å². The smallest absolute Gasteiger partial charge is 0.421 e. The molecule has 1 aromatic carbocycles. The molecule has 23 heavy (non-hydrogen) atoms. The van der Waals surface area contributed by atoms with Crippen molar-refractivity contribution in [3.05, 3.63) is 39.6 Å². The normalized spacial score (nSPS) is 11.7. The van der Waals surface area contributed by atoms with Gasteiger partial charge < -0.3 is 9.64 Å². The number of hydrogen-bond donors (Lipinski definition) is 0. The lowest BCUT2D eigenvalue weighted by atomic mass is 10.2. The summed E-state index contributed by atoms with van der Waals surface area (Å²) in [7, 11) is 1.53. The highest BCUT2D eigenvalue weighted by molar-refractivity contribution is 14.1. The Hall–Kier alpha value is -1.58. The van der Waals surface area contributed by atoms with Crippen LogP contribution < -0.4 is 9.64 Å². The first kappa shape index (κ1) is 17.8. The highest BCUT2D eigenvalue weighted by atomic mass is 127. The lowest BCUT2D eigenvalue weighted by Crippen LogP contribution is -2.20. The summed E-state index contributed by atoms with van der Waals surface area (Å²) in [5.41, 5.74) is -0.320. The molecule has 1 heterocycles. The van der Waals surface area contributed by atoms with E-state index in [4.69, 9.17) is 4.74 Å². The maximum Gasteiger partial charge on any atom is 0.421 e. The zero-order valence-electron chi connectivity index (χ0n) is 12.7. The molecule has 0 saturated carbocycles. The zero-order chi connectivity index (χ0) is 17.2. The summed E-state index contributed by atoms with van der Waals surface area (Å²) in [6, 6.07) is 7.00. The van der Waals surface area contributed by atoms with Crippen molar-refractivity contribution in [3.8, 4) is 6.01 Å². The number of benzene rings is 1. The molecule has 1 aromatic heterocycles. The third-order valence-corrected chi connectivity index (χ3v) is 3.64. The van der Waals surface area contributed by atoms with Gasteiger partial charge in [-0.1, -0.05) is 0 Å². The first-order valence-corrected chi connectivity index (χ1v) is 7.86. The predicted octanol–water partition coefficient (Wildman–Crippen LogP) is 4.66. The average Bonchev–Trinajstić information content (AvgIpc) is 2.45. The summed E-state index contributed by atoms with van der Waals surface area (Å²) < 4.78 is 46.0. The molecule has 0 amide bonds. The second-order valence-electron chi connectivity index (χ2n) is 5.09. The maximum absolute atomic E-state index is 13.2. The van der Waals surface area contributed by atoms with E-state index in [0.29, 0.717) is 5.69 Å². The molecule has 0 radical (unpaired) electrons. The van der Waals surface area contributed by atoms with Crippen molar-refractivity contribution in [1.82, 2.24) is 9.97 Å². The van der Waals surface area contributed by atoms with Crippen LogP contribution >= 0.6 is 22.6 Å². The highest BCUT2D eigenvalue weighted by Gasteiger charge is 2.36. The van der Waals surface area contributed by atoms with Gasteiger partial charge in [0.25, 0.3) is 0 Å². The summed E-state index contributed by atoms with van der Waals surface area (Å²) in [4.78, 5) is 8.97. The minimum absolute atomic E-state index is 0.0830. The average molecular weight is 437 g/mol. The van der Waals surface area contributed by atoms with Crippen LogP contribution in [0.3, 0.4) is 0 Å². The molecular weight excluding hydrogens is 422 g/mol. The third-order valence-electron chi connectivity index (χ3n) is 2.92. The van der Waals surface area contributed by atoms with Crippen molar-refractivity contribution >= 4 is 34.1 Å². The van der Waals surface area contributed by atoms with Gasteiger partial charge in [0.05, 0.1) is 6.10 Å². The van der Waals surface area contributed by atoms with Gasteiger partial charge in [0, 0.05) is 22.5 Å². The number of alkyl halides is 3. The molecule has 0 aliphatic rings. The van der Waals surface area contributed by atoms with E-state index in [1.807, 2.05) is 12.1 Å². The predicted molar refractivity (Wildman–Crippen MR) is 90.0 cm³/mol. The molecule has 0 fully saturated rings. The second-order valence-corrected chi connectivity index (χ2v) is 6.34. The fraction of sp³-hybridized carbons (Fsp3) is 0.333. The molecule has 0 aliphatic heterocycles. The van der Waals surface area contributed by atoms with Crippen LogP contribution in [0.4, 0.5) is 24.7 Å². The second kappa shape index (κ2) is 6.90. The molecular formula is C15H15F3IN3O. The molecule has 2 rings (SSSR count). The van der Waals surface area contributed by atoms with Gasteiger partial charge in [0.2, 0.25) is 0 Å². The third kappa shape index (κ3) is 4.46. The summed E-state index contributed by atoms with van der Waals surface area (Å²) >= 11 is 2.13. The van der Waals surface area contributed by atoms with E-state index in [-0.39, 0.29) is 17.9 Å². The summed E-state index contributed by atoms with van der Waals surface area (Å²) in [6.07, 6.45) is -4.03. The van der Waals surface area contributed by atoms with E-state index < -0.39 is 11.7 Å². The van der Waals surface area contributed by atoms with E-state index in [1.165, 1.54) is 11.9 Å². The highest BCUT2D eigenvalue weighted by Crippen LogP contribution is 2.37. The Bertz CT molecular complexity index is 675. The van der Waals surface area contributed by atoms with Crippen molar-refractivity contribution in [2.24, 2.45) is 0 Å². The number of halogens is 4. The van der Waals surface area contributed by atoms with E-state index in [1.54, 1.807) is 26.0 Å². The summed E-state index contributed by atoms with van der Waals surface area (Å²) in [5, 5.41) is 0. The van der Waals surface area contributed by atoms with Crippen LogP contribution in [-0.4, -0.2) is 23.1 Å². The first-order valence-electron chi connectivity index (χ1n) is 6.78. The number of rotatable bonds is 4. The summed E-state index contributed by atoms with van der Waals surface area (Å²) in [5.74, 6) is -0.246. The van der Waals surface area contributed by atoms with Crippen molar-refractivity contribution < 1.29 is 17.9 Å². The van der Waals surface area contributed by atoms with Gasteiger partial charge in [-0.25, -0.2) is 4.98 Å². The minimum Gasteiger partial charge on any atom is -0.461 e. The Morgan fingerprint density at radius 2 is 1.78 bits per heavy atom. The SMILES string of the molecule is CC(C)Oc1ncc(C(F)(F)F)c(N(C)c2ccc(I)cc2)n1. The fourth-order valence-corrected chi connectivity index (χ4v) is 2.23.